The molecule has 7 nitrogen and oxygen atoms in total. The van der Waals surface area contributed by atoms with Crippen molar-refractivity contribution in [1.82, 2.24) is 5.48 Å². The summed E-state index contributed by atoms with van der Waals surface area (Å²) in [6.07, 6.45) is 6.77. The first-order valence-corrected chi connectivity index (χ1v) is 9.08. The molecule has 0 bridgehead atoms. The summed E-state index contributed by atoms with van der Waals surface area (Å²) in [5.74, 6) is -0.0729. The molecule has 3 amide bonds. The fourth-order valence-electron chi connectivity index (χ4n) is 3.52. The predicted molar refractivity (Wildman–Crippen MR) is 111 cm³/mol. The molecule has 7 heteroatoms. The van der Waals surface area contributed by atoms with Crippen LogP contribution in [0.5, 0.6) is 0 Å². The van der Waals surface area contributed by atoms with Crippen LogP contribution < -0.4 is 21.8 Å². The fraction of sp³-hybridized carbons (Fsp3) is 0.0909. The van der Waals surface area contributed by atoms with E-state index in [1.165, 1.54) is 0 Å². The Morgan fingerprint density at radius 1 is 1.07 bits per heavy atom. The van der Waals surface area contributed by atoms with Gasteiger partial charge in [-0.15, -0.1) is 0 Å². The maximum atomic E-state index is 12.7. The van der Waals surface area contributed by atoms with Gasteiger partial charge in [0.25, 0.3) is 0 Å². The molecule has 0 spiro atoms. The standard InChI is InChI=1S/C22H20N4O3/c1-14-8-10-15(11-9-14)25-21(28)26-18-6-3-2-5-16(18)22(20(23)27)12-4-7-19-17(22)13-24-29-19/h2-13,24H,1H3,(H2,23,27)(H2,25,26,28). The van der Waals surface area contributed by atoms with Crippen molar-refractivity contribution in [3.8, 4) is 0 Å². The molecule has 0 aromatic heterocycles. The normalized spacial score (nSPS) is 19.2. The zero-order valence-corrected chi connectivity index (χ0v) is 15.7. The second-order valence-electron chi connectivity index (χ2n) is 6.83. The SMILES string of the molecule is Cc1ccc(NC(=O)Nc2ccccc2C2(C(N)=O)C=CC=C3ONC=C32)cc1. The Morgan fingerprint density at radius 3 is 2.59 bits per heavy atom. The summed E-state index contributed by atoms with van der Waals surface area (Å²) in [6, 6.07) is 14.1. The van der Waals surface area contributed by atoms with Crippen LogP contribution >= 0.6 is 0 Å². The third-order valence-corrected chi connectivity index (χ3v) is 4.95. The molecule has 1 unspecified atom stereocenters. The highest BCUT2D eigenvalue weighted by Crippen LogP contribution is 2.44. The predicted octanol–water partition coefficient (Wildman–Crippen LogP) is 3.23. The summed E-state index contributed by atoms with van der Waals surface area (Å²) in [6.45, 7) is 1.97. The Bertz CT molecular complexity index is 1070. The number of urea groups is 1. The number of anilines is 2. The van der Waals surface area contributed by atoms with Gasteiger partial charge in [0.05, 0.1) is 0 Å². The van der Waals surface area contributed by atoms with Crippen LogP contribution in [-0.4, -0.2) is 11.9 Å². The molecule has 29 heavy (non-hydrogen) atoms. The number of allylic oxidation sites excluding steroid dienone is 3. The van der Waals surface area contributed by atoms with Gasteiger partial charge in [-0.05, 0) is 36.8 Å². The van der Waals surface area contributed by atoms with E-state index in [1.807, 2.05) is 31.2 Å². The van der Waals surface area contributed by atoms with E-state index in [9.17, 15) is 9.59 Å². The van der Waals surface area contributed by atoms with Crippen LogP contribution in [0.15, 0.2) is 84.3 Å². The summed E-state index contributed by atoms with van der Waals surface area (Å²) in [5.41, 5.74) is 10.6. The molecule has 0 radical (unpaired) electrons. The minimum absolute atomic E-state index is 0.425. The van der Waals surface area contributed by atoms with Crippen LogP contribution in [0.1, 0.15) is 11.1 Å². The molecule has 2 aromatic rings. The molecule has 1 atom stereocenters. The van der Waals surface area contributed by atoms with Gasteiger partial charge in [-0.1, -0.05) is 48.0 Å². The van der Waals surface area contributed by atoms with Crippen molar-refractivity contribution < 1.29 is 14.4 Å². The summed E-state index contributed by atoms with van der Waals surface area (Å²) in [5, 5.41) is 5.62. The highest BCUT2D eigenvalue weighted by Gasteiger charge is 2.46. The van der Waals surface area contributed by atoms with Crippen molar-refractivity contribution in [2.75, 3.05) is 10.6 Å². The van der Waals surface area contributed by atoms with Crippen LogP contribution in [0.25, 0.3) is 0 Å². The number of primary amides is 1. The number of hydroxylamine groups is 1. The van der Waals surface area contributed by atoms with Crippen molar-refractivity contribution in [3.63, 3.8) is 0 Å². The van der Waals surface area contributed by atoms with Gasteiger partial charge in [0, 0.05) is 23.1 Å². The van der Waals surface area contributed by atoms with Crippen LogP contribution in [0.4, 0.5) is 16.2 Å². The van der Waals surface area contributed by atoms with Crippen molar-refractivity contribution >= 4 is 23.3 Å². The molecular weight excluding hydrogens is 368 g/mol. The third kappa shape index (κ3) is 3.23. The first kappa shape index (κ1) is 18.4. The summed E-state index contributed by atoms with van der Waals surface area (Å²) >= 11 is 0. The number of rotatable bonds is 4. The Labute approximate surface area is 167 Å². The second-order valence-corrected chi connectivity index (χ2v) is 6.83. The van der Waals surface area contributed by atoms with Crippen molar-refractivity contribution in [2.24, 2.45) is 5.73 Å². The largest absolute Gasteiger partial charge is 0.382 e. The van der Waals surface area contributed by atoms with E-state index in [4.69, 9.17) is 10.6 Å². The Morgan fingerprint density at radius 2 is 1.83 bits per heavy atom. The molecule has 1 heterocycles. The highest BCUT2D eigenvalue weighted by atomic mass is 16.7. The van der Waals surface area contributed by atoms with E-state index in [-0.39, 0.29) is 0 Å². The molecule has 2 aliphatic rings. The Balaban J connectivity index is 1.68. The number of amides is 3. The maximum Gasteiger partial charge on any atom is 0.323 e. The number of hydrogen-bond donors (Lipinski definition) is 4. The first-order chi connectivity index (χ1) is 14.0. The number of aryl methyl sites for hydroxylation is 1. The molecule has 146 valence electrons. The number of fused-ring (bicyclic) bond motifs is 1. The van der Waals surface area contributed by atoms with E-state index < -0.39 is 17.4 Å². The van der Waals surface area contributed by atoms with Gasteiger partial charge in [-0.3, -0.25) is 4.79 Å². The summed E-state index contributed by atoms with van der Waals surface area (Å²) < 4.78 is 0. The minimum atomic E-state index is -1.28. The average Bonchev–Trinajstić information content (AvgIpc) is 3.19. The molecule has 1 aliphatic heterocycles. The monoisotopic (exact) mass is 388 g/mol. The molecular formula is C22H20N4O3. The average molecular weight is 388 g/mol. The lowest BCUT2D eigenvalue weighted by atomic mass is 9.70. The van der Waals surface area contributed by atoms with Gasteiger partial charge in [0.2, 0.25) is 5.91 Å². The Kier molecular flexibility index (Phi) is 4.56. The van der Waals surface area contributed by atoms with Gasteiger partial charge in [0.1, 0.15) is 5.41 Å². The molecule has 0 fully saturated rings. The van der Waals surface area contributed by atoms with Gasteiger partial charge < -0.3 is 21.2 Å². The topological polar surface area (TPSA) is 105 Å². The van der Waals surface area contributed by atoms with Gasteiger partial charge >= 0.3 is 6.03 Å². The molecule has 4 rings (SSSR count). The molecule has 1 aliphatic carbocycles. The number of carbonyl (C=O) groups is 2. The Hall–Kier alpha value is -4.00. The number of nitrogens with two attached hydrogens (primary N) is 1. The van der Waals surface area contributed by atoms with Crippen LogP contribution in [0, 0.1) is 6.92 Å². The van der Waals surface area contributed by atoms with E-state index in [2.05, 4.69) is 16.1 Å². The fourth-order valence-corrected chi connectivity index (χ4v) is 3.52. The lowest BCUT2D eigenvalue weighted by Crippen LogP contribution is -2.43. The highest BCUT2D eigenvalue weighted by molar-refractivity contribution is 6.03. The van der Waals surface area contributed by atoms with Gasteiger partial charge in [-0.25, -0.2) is 10.3 Å². The van der Waals surface area contributed by atoms with E-state index in [1.54, 1.807) is 48.7 Å². The first-order valence-electron chi connectivity index (χ1n) is 9.08. The van der Waals surface area contributed by atoms with Crippen molar-refractivity contribution in [3.05, 3.63) is 95.4 Å². The number of para-hydroxylation sites is 1. The van der Waals surface area contributed by atoms with E-state index >= 15 is 0 Å². The number of nitrogens with one attached hydrogen (secondary N) is 3. The number of hydrogen-bond acceptors (Lipinski definition) is 4. The van der Waals surface area contributed by atoms with E-state index in [0.717, 1.165) is 5.56 Å². The second kappa shape index (κ2) is 7.20. The lowest BCUT2D eigenvalue weighted by Gasteiger charge is -2.32. The van der Waals surface area contributed by atoms with Crippen LogP contribution in [-0.2, 0) is 15.0 Å². The number of carbonyl (C=O) groups excluding carboxylic acids is 2. The van der Waals surface area contributed by atoms with Gasteiger partial charge in [-0.2, -0.15) is 0 Å². The van der Waals surface area contributed by atoms with Crippen molar-refractivity contribution in [2.45, 2.75) is 12.3 Å². The van der Waals surface area contributed by atoms with Crippen molar-refractivity contribution in [1.29, 1.82) is 0 Å². The quantitative estimate of drug-likeness (QED) is 0.645. The van der Waals surface area contributed by atoms with E-state index in [0.29, 0.717) is 28.3 Å². The lowest BCUT2D eigenvalue weighted by molar-refractivity contribution is -0.120. The molecule has 5 N–H and O–H groups in total. The molecule has 0 saturated carbocycles. The zero-order chi connectivity index (χ0) is 20.4. The zero-order valence-electron chi connectivity index (χ0n) is 15.7. The van der Waals surface area contributed by atoms with Crippen LogP contribution in [0.3, 0.4) is 0 Å². The van der Waals surface area contributed by atoms with Crippen LogP contribution in [0.2, 0.25) is 0 Å². The minimum Gasteiger partial charge on any atom is -0.382 e. The molecule has 2 aromatic carbocycles. The smallest absolute Gasteiger partial charge is 0.323 e. The summed E-state index contributed by atoms with van der Waals surface area (Å²) in [7, 11) is 0. The third-order valence-electron chi connectivity index (χ3n) is 4.95. The summed E-state index contributed by atoms with van der Waals surface area (Å²) in [4.78, 5) is 30.6. The van der Waals surface area contributed by atoms with Gasteiger partial charge in [0.15, 0.2) is 5.76 Å². The maximum absolute atomic E-state index is 12.7. The number of benzene rings is 2. The molecule has 0 saturated heterocycles.